The molecule has 0 aromatic carbocycles. The molecule has 0 bridgehead atoms. The molecular weight excluding hydrogens is 252 g/mol. The van der Waals surface area contributed by atoms with Crippen molar-refractivity contribution in [2.75, 3.05) is 20.3 Å². The van der Waals surface area contributed by atoms with Crippen molar-refractivity contribution < 1.29 is 28.6 Å². The van der Waals surface area contributed by atoms with Crippen molar-refractivity contribution in [1.29, 1.82) is 0 Å². The summed E-state index contributed by atoms with van der Waals surface area (Å²) < 4.78 is 14.1. The zero-order chi connectivity index (χ0) is 13.3. The number of hydrogen-bond donors (Lipinski definition) is 0. The highest BCUT2D eigenvalue weighted by Gasteiger charge is 2.21. The quantitative estimate of drug-likeness (QED) is 0.474. The molecule has 0 heterocycles. The lowest BCUT2D eigenvalue weighted by Crippen LogP contribution is -2.26. The van der Waals surface area contributed by atoms with Gasteiger partial charge in [-0.05, 0) is 18.5 Å². The van der Waals surface area contributed by atoms with Crippen LogP contribution in [0.25, 0.3) is 0 Å². The molecule has 0 radical (unpaired) electrons. The van der Waals surface area contributed by atoms with Crippen LogP contribution >= 0.6 is 11.6 Å². The van der Waals surface area contributed by atoms with E-state index >= 15 is 0 Å². The molecule has 0 N–H and O–H groups in total. The topological polar surface area (TPSA) is 78.9 Å². The third kappa shape index (κ3) is 8.65. The third-order valence-electron chi connectivity index (χ3n) is 1.65. The van der Waals surface area contributed by atoms with Gasteiger partial charge in [-0.3, -0.25) is 9.59 Å². The normalized spacial score (nSPS) is 11.7. The van der Waals surface area contributed by atoms with E-state index in [-0.39, 0.29) is 26.1 Å². The SMILES string of the molecule is CCOC(=O)C[C@@H](CC(=O)Cl)OC(=O)COC. The number of hydrogen-bond acceptors (Lipinski definition) is 6. The van der Waals surface area contributed by atoms with E-state index in [1.807, 2.05) is 0 Å². The van der Waals surface area contributed by atoms with Gasteiger partial charge < -0.3 is 14.2 Å². The molecule has 0 aliphatic rings. The van der Waals surface area contributed by atoms with E-state index in [1.54, 1.807) is 6.92 Å². The molecule has 7 heteroatoms. The van der Waals surface area contributed by atoms with Gasteiger partial charge in [-0.2, -0.15) is 0 Å². The van der Waals surface area contributed by atoms with Gasteiger partial charge in [0.1, 0.15) is 12.7 Å². The van der Waals surface area contributed by atoms with Gasteiger partial charge >= 0.3 is 11.9 Å². The van der Waals surface area contributed by atoms with Crippen LogP contribution < -0.4 is 0 Å². The standard InChI is InChI=1S/C10H15ClO6/c1-3-16-9(13)5-7(4-8(11)12)17-10(14)6-15-2/h7H,3-6H2,1-2H3/t7-/m1/s1. The lowest BCUT2D eigenvalue weighted by molar-refractivity contribution is -0.158. The van der Waals surface area contributed by atoms with Crippen molar-refractivity contribution in [3.63, 3.8) is 0 Å². The first-order chi connectivity index (χ1) is 7.99. The fraction of sp³-hybridized carbons (Fsp3) is 0.700. The van der Waals surface area contributed by atoms with Crippen molar-refractivity contribution >= 4 is 28.8 Å². The summed E-state index contributed by atoms with van der Waals surface area (Å²) in [6, 6.07) is 0. The summed E-state index contributed by atoms with van der Waals surface area (Å²) in [6.07, 6.45) is -1.36. The predicted octanol–water partition coefficient (Wildman–Crippen LogP) is 0.653. The van der Waals surface area contributed by atoms with Crippen LogP contribution in [0.1, 0.15) is 19.8 Å². The van der Waals surface area contributed by atoms with E-state index in [9.17, 15) is 14.4 Å². The molecule has 6 nitrogen and oxygen atoms in total. The maximum atomic E-state index is 11.2. The monoisotopic (exact) mass is 266 g/mol. The van der Waals surface area contributed by atoms with Crippen LogP contribution in [-0.2, 0) is 28.6 Å². The van der Waals surface area contributed by atoms with Gasteiger partial charge in [0.25, 0.3) is 0 Å². The summed E-state index contributed by atoms with van der Waals surface area (Å²) in [4.78, 5) is 33.0. The number of rotatable bonds is 8. The molecule has 1 atom stereocenters. The number of ether oxygens (including phenoxy) is 3. The predicted molar refractivity (Wildman–Crippen MR) is 58.5 cm³/mol. The average Bonchev–Trinajstić information content (AvgIpc) is 2.16. The lowest BCUT2D eigenvalue weighted by Gasteiger charge is -2.15. The molecule has 0 saturated carbocycles. The van der Waals surface area contributed by atoms with Crippen molar-refractivity contribution in [2.45, 2.75) is 25.9 Å². The molecule has 0 aliphatic heterocycles. The Hall–Kier alpha value is -1.14. The molecule has 98 valence electrons. The van der Waals surface area contributed by atoms with Crippen LogP contribution in [0.2, 0.25) is 0 Å². The van der Waals surface area contributed by atoms with Gasteiger partial charge in [0.05, 0.1) is 19.4 Å². The first-order valence-corrected chi connectivity index (χ1v) is 5.39. The highest BCUT2D eigenvalue weighted by atomic mass is 35.5. The molecule has 0 aromatic heterocycles. The second-order valence-electron chi connectivity index (χ2n) is 3.11. The van der Waals surface area contributed by atoms with Crippen LogP contribution in [0.5, 0.6) is 0 Å². The van der Waals surface area contributed by atoms with Crippen LogP contribution in [0, 0.1) is 0 Å². The summed E-state index contributed by atoms with van der Waals surface area (Å²) >= 11 is 5.18. The minimum atomic E-state index is -0.915. The molecule has 0 rings (SSSR count). The highest BCUT2D eigenvalue weighted by Crippen LogP contribution is 2.08. The summed E-state index contributed by atoms with van der Waals surface area (Å²) in [6.45, 7) is 1.61. The Morgan fingerprint density at radius 2 is 1.82 bits per heavy atom. The molecule has 0 saturated heterocycles. The average molecular weight is 267 g/mol. The molecule has 0 aromatic rings. The Morgan fingerprint density at radius 3 is 2.29 bits per heavy atom. The van der Waals surface area contributed by atoms with Crippen LogP contribution in [0.3, 0.4) is 0 Å². The fourth-order valence-corrected chi connectivity index (χ4v) is 1.25. The van der Waals surface area contributed by atoms with Crippen molar-refractivity contribution in [2.24, 2.45) is 0 Å². The van der Waals surface area contributed by atoms with Crippen LogP contribution in [0.15, 0.2) is 0 Å². The van der Waals surface area contributed by atoms with E-state index in [0.717, 1.165) is 0 Å². The summed E-state index contributed by atoms with van der Waals surface area (Å²) in [5.41, 5.74) is 0. The fourth-order valence-electron chi connectivity index (χ4n) is 1.08. The number of carbonyl (C=O) groups excluding carboxylic acids is 3. The number of carbonyl (C=O) groups is 3. The maximum absolute atomic E-state index is 11.2. The molecule has 0 aliphatic carbocycles. The van der Waals surface area contributed by atoms with E-state index in [2.05, 4.69) is 9.47 Å². The van der Waals surface area contributed by atoms with Gasteiger partial charge in [0, 0.05) is 7.11 Å². The van der Waals surface area contributed by atoms with Gasteiger partial charge in [0.2, 0.25) is 5.24 Å². The minimum Gasteiger partial charge on any atom is -0.466 e. The molecule has 0 unspecified atom stereocenters. The highest BCUT2D eigenvalue weighted by molar-refractivity contribution is 6.63. The zero-order valence-electron chi connectivity index (χ0n) is 9.73. The minimum absolute atomic E-state index is 0.207. The Kier molecular flexibility index (Phi) is 8.35. The second-order valence-corrected chi connectivity index (χ2v) is 3.53. The summed E-state index contributed by atoms with van der Waals surface area (Å²) in [5.74, 6) is -1.22. The number of esters is 2. The van der Waals surface area contributed by atoms with Gasteiger partial charge in [-0.15, -0.1) is 0 Å². The Bertz CT molecular complexity index is 258. The summed E-state index contributed by atoms with van der Waals surface area (Å²) in [7, 11) is 1.33. The Morgan fingerprint density at radius 1 is 1.18 bits per heavy atom. The van der Waals surface area contributed by atoms with E-state index < -0.39 is 23.3 Å². The van der Waals surface area contributed by atoms with Gasteiger partial charge in [-0.25, -0.2) is 4.79 Å². The smallest absolute Gasteiger partial charge is 0.332 e. The lowest BCUT2D eigenvalue weighted by atomic mass is 10.2. The zero-order valence-corrected chi connectivity index (χ0v) is 10.5. The first-order valence-electron chi connectivity index (χ1n) is 5.02. The summed E-state index contributed by atoms with van der Waals surface area (Å²) in [5, 5.41) is -0.690. The molecule has 17 heavy (non-hydrogen) atoms. The van der Waals surface area contributed by atoms with E-state index in [0.29, 0.717) is 0 Å². The van der Waals surface area contributed by atoms with Gasteiger partial charge in [-0.1, -0.05) is 0 Å². The van der Waals surface area contributed by atoms with Crippen LogP contribution in [0.4, 0.5) is 0 Å². The Labute approximate surface area is 104 Å². The molecule has 0 amide bonds. The Balaban J connectivity index is 4.27. The number of methoxy groups -OCH3 is 1. The largest absolute Gasteiger partial charge is 0.466 e. The molecule has 0 spiro atoms. The maximum Gasteiger partial charge on any atom is 0.332 e. The first kappa shape index (κ1) is 15.9. The van der Waals surface area contributed by atoms with Crippen LogP contribution in [-0.4, -0.2) is 43.6 Å². The molecule has 0 fully saturated rings. The second kappa shape index (κ2) is 8.95. The number of halogens is 1. The van der Waals surface area contributed by atoms with Crippen molar-refractivity contribution in [3.8, 4) is 0 Å². The van der Waals surface area contributed by atoms with Gasteiger partial charge in [0.15, 0.2) is 0 Å². The van der Waals surface area contributed by atoms with E-state index in [4.69, 9.17) is 16.3 Å². The van der Waals surface area contributed by atoms with E-state index in [1.165, 1.54) is 7.11 Å². The van der Waals surface area contributed by atoms with Crippen molar-refractivity contribution in [1.82, 2.24) is 0 Å². The third-order valence-corrected chi connectivity index (χ3v) is 1.80. The molecular formula is C10H15ClO6. The van der Waals surface area contributed by atoms with Crippen molar-refractivity contribution in [3.05, 3.63) is 0 Å².